The molecule has 2 N–H and O–H groups in total. The first-order chi connectivity index (χ1) is 7.28. The van der Waals surface area contributed by atoms with E-state index in [0.29, 0.717) is 0 Å². The number of hydrogen-bond acceptors (Lipinski definition) is 3. The number of halogens is 7. The molecule has 102 valence electrons. The van der Waals surface area contributed by atoms with Crippen LogP contribution in [0.3, 0.4) is 0 Å². The number of phosphoric acid groups is 1. The van der Waals surface area contributed by atoms with Crippen LogP contribution in [0.1, 0.15) is 0 Å². The van der Waals surface area contributed by atoms with Crippen LogP contribution in [0.2, 0.25) is 0 Å². The molecule has 0 saturated heterocycles. The van der Waals surface area contributed by atoms with Gasteiger partial charge in [0.05, 0.1) is 0 Å². The second-order valence-electron chi connectivity index (χ2n) is 2.25. The number of hydrogen-bond donors (Lipinski definition) is 2. The molecule has 0 amide bonds. The van der Waals surface area contributed by atoms with Gasteiger partial charge >= 0.3 is 32.1 Å². The highest BCUT2D eigenvalue weighted by Crippen LogP contribution is 2.49. The zero-order chi connectivity index (χ0) is 14.1. The van der Waals surface area contributed by atoms with Gasteiger partial charge in [-0.15, -0.1) is 0 Å². The van der Waals surface area contributed by atoms with Crippen molar-refractivity contribution in [1.82, 2.24) is 0 Å². The summed E-state index contributed by atoms with van der Waals surface area (Å²) in [6.07, 6.45) is -15.6. The average Bonchev–Trinajstić information content (AvgIpc) is 1.97. The Morgan fingerprint density at radius 2 is 1.41 bits per heavy atom. The molecule has 0 atom stereocenters. The minimum atomic E-state index is -6.09. The normalized spacial score (nSPS) is 13.5. The second kappa shape index (κ2) is 4.80. The molecule has 17 heavy (non-hydrogen) atoms. The zero-order valence-electron chi connectivity index (χ0n) is 7.21. The Kier molecular flexibility index (Phi) is 4.56. The molecule has 5 nitrogen and oxygen atoms in total. The van der Waals surface area contributed by atoms with E-state index in [1.54, 1.807) is 0 Å². The Balaban J connectivity index is 5.04. The number of alkyl halides is 4. The van der Waals surface area contributed by atoms with Crippen molar-refractivity contribution in [3.05, 3.63) is 12.1 Å². The SMILES string of the molecule is O=P(O)(O)OC(F)(F)C(F)(F)OC(F)=C(F)F. The Morgan fingerprint density at radius 1 is 1.00 bits per heavy atom. The quantitative estimate of drug-likeness (QED) is 0.462. The fraction of sp³-hybridized carbons (Fsp3) is 0.500. The Hall–Kier alpha value is -0.840. The molecule has 0 fully saturated rings. The Labute approximate surface area is 87.7 Å². The van der Waals surface area contributed by atoms with Gasteiger partial charge in [-0.2, -0.15) is 30.7 Å². The maximum atomic E-state index is 12.3. The summed E-state index contributed by atoms with van der Waals surface area (Å²) in [4.78, 5) is 15.7. The van der Waals surface area contributed by atoms with Gasteiger partial charge in [-0.25, -0.2) is 9.09 Å². The maximum absolute atomic E-state index is 12.3. The largest absolute Gasteiger partial charge is 0.496 e. The third-order valence-corrected chi connectivity index (χ3v) is 1.41. The first kappa shape index (κ1) is 16.2. The monoisotopic (exact) mass is 294 g/mol. The molecule has 0 aliphatic heterocycles. The number of ether oxygens (including phenoxy) is 1. The fourth-order valence-corrected chi connectivity index (χ4v) is 0.818. The van der Waals surface area contributed by atoms with E-state index in [4.69, 9.17) is 9.79 Å². The summed E-state index contributed by atoms with van der Waals surface area (Å²) in [6, 6.07) is -3.34. The van der Waals surface area contributed by atoms with Crippen LogP contribution >= 0.6 is 7.82 Å². The molecule has 0 radical (unpaired) electrons. The highest BCUT2D eigenvalue weighted by Gasteiger charge is 2.65. The number of phosphoric ester groups is 1. The lowest BCUT2D eigenvalue weighted by molar-refractivity contribution is -0.404. The molecule has 0 aromatic heterocycles. The second-order valence-corrected chi connectivity index (χ2v) is 3.42. The summed E-state index contributed by atoms with van der Waals surface area (Å²) in [5.41, 5.74) is 0. The Morgan fingerprint density at radius 3 is 1.71 bits per heavy atom. The lowest BCUT2D eigenvalue weighted by Gasteiger charge is -2.24. The summed E-state index contributed by atoms with van der Waals surface area (Å²) >= 11 is 0. The lowest BCUT2D eigenvalue weighted by atomic mass is 10.6. The van der Waals surface area contributed by atoms with Crippen molar-refractivity contribution < 1.29 is 54.3 Å². The predicted molar refractivity (Wildman–Crippen MR) is 34.5 cm³/mol. The van der Waals surface area contributed by atoms with Crippen LogP contribution in [0.5, 0.6) is 0 Å². The van der Waals surface area contributed by atoms with Crippen molar-refractivity contribution in [1.29, 1.82) is 0 Å². The molecule has 0 rings (SSSR count). The minimum Gasteiger partial charge on any atom is -0.396 e. The molecule has 0 aliphatic carbocycles. The average molecular weight is 294 g/mol. The molecule has 0 spiro atoms. The van der Waals surface area contributed by atoms with Crippen molar-refractivity contribution in [2.24, 2.45) is 0 Å². The standard InChI is InChI=1S/C4H2F7O5P/c5-1(6)2(7)15-3(8,9)4(10,11)16-17(12,13)14/h(H2,12,13,14). The zero-order valence-corrected chi connectivity index (χ0v) is 8.11. The van der Waals surface area contributed by atoms with Gasteiger partial charge in [0.25, 0.3) is 0 Å². The molecule has 0 unspecified atom stereocenters. The van der Waals surface area contributed by atoms with Gasteiger partial charge in [-0.05, 0) is 0 Å². The van der Waals surface area contributed by atoms with E-state index < -0.39 is 32.1 Å². The van der Waals surface area contributed by atoms with Crippen molar-refractivity contribution >= 4 is 7.82 Å². The smallest absolute Gasteiger partial charge is 0.396 e. The van der Waals surface area contributed by atoms with Crippen LogP contribution in [-0.4, -0.2) is 22.0 Å². The molecule has 13 heteroatoms. The van der Waals surface area contributed by atoms with Crippen molar-refractivity contribution in [2.45, 2.75) is 12.2 Å². The van der Waals surface area contributed by atoms with E-state index >= 15 is 0 Å². The molecule has 0 aliphatic rings. The number of rotatable bonds is 5. The van der Waals surface area contributed by atoms with Gasteiger partial charge in [0.15, 0.2) is 0 Å². The highest BCUT2D eigenvalue weighted by atomic mass is 31.2. The van der Waals surface area contributed by atoms with Gasteiger partial charge in [0.2, 0.25) is 0 Å². The molecule has 0 saturated carbocycles. The third-order valence-electron chi connectivity index (χ3n) is 0.939. The first-order valence-electron chi connectivity index (χ1n) is 3.20. The summed E-state index contributed by atoms with van der Waals surface area (Å²) in [7, 11) is -6.09. The highest BCUT2D eigenvalue weighted by molar-refractivity contribution is 7.46. The van der Waals surface area contributed by atoms with Gasteiger partial charge < -0.3 is 14.5 Å². The van der Waals surface area contributed by atoms with Gasteiger partial charge in [-0.3, -0.25) is 0 Å². The molecule has 0 heterocycles. The molecular weight excluding hydrogens is 292 g/mol. The van der Waals surface area contributed by atoms with Crippen LogP contribution in [0, 0.1) is 0 Å². The van der Waals surface area contributed by atoms with Crippen LogP contribution in [0.4, 0.5) is 30.7 Å². The molecular formula is C4H2F7O5P. The molecule has 0 aromatic rings. The summed E-state index contributed by atoms with van der Waals surface area (Å²) in [5.74, 6) is 0. The van der Waals surface area contributed by atoms with E-state index in [1.165, 1.54) is 0 Å². The van der Waals surface area contributed by atoms with E-state index in [9.17, 15) is 35.3 Å². The summed E-state index contributed by atoms with van der Waals surface area (Å²) < 4.78 is 98.0. The van der Waals surface area contributed by atoms with Crippen LogP contribution in [0.15, 0.2) is 12.1 Å². The van der Waals surface area contributed by atoms with E-state index in [0.717, 1.165) is 0 Å². The van der Waals surface area contributed by atoms with E-state index in [1.807, 2.05) is 0 Å². The van der Waals surface area contributed by atoms with Crippen molar-refractivity contribution in [3.8, 4) is 0 Å². The van der Waals surface area contributed by atoms with Crippen LogP contribution < -0.4 is 0 Å². The first-order valence-corrected chi connectivity index (χ1v) is 4.73. The maximum Gasteiger partial charge on any atom is 0.496 e. The summed E-state index contributed by atoms with van der Waals surface area (Å²) in [6.45, 7) is 0. The van der Waals surface area contributed by atoms with Crippen molar-refractivity contribution in [2.75, 3.05) is 0 Å². The predicted octanol–water partition coefficient (Wildman–Crippen LogP) is 2.33. The topological polar surface area (TPSA) is 76.0 Å². The van der Waals surface area contributed by atoms with Crippen LogP contribution in [-0.2, 0) is 13.8 Å². The van der Waals surface area contributed by atoms with Gasteiger partial charge in [0, 0.05) is 0 Å². The molecule has 0 aromatic carbocycles. The fourth-order valence-electron chi connectivity index (χ4n) is 0.413. The Bertz CT molecular complexity index is 357. The molecule has 0 bridgehead atoms. The third kappa shape index (κ3) is 4.89. The van der Waals surface area contributed by atoms with E-state index in [2.05, 4.69) is 9.26 Å². The summed E-state index contributed by atoms with van der Waals surface area (Å²) in [5, 5.41) is 0. The van der Waals surface area contributed by atoms with Gasteiger partial charge in [0.1, 0.15) is 0 Å². The van der Waals surface area contributed by atoms with E-state index in [-0.39, 0.29) is 0 Å². The van der Waals surface area contributed by atoms with Gasteiger partial charge in [-0.1, -0.05) is 0 Å². The lowest BCUT2D eigenvalue weighted by Crippen LogP contribution is -2.44. The van der Waals surface area contributed by atoms with Crippen LogP contribution in [0.25, 0.3) is 0 Å². The van der Waals surface area contributed by atoms with Crippen molar-refractivity contribution in [3.63, 3.8) is 0 Å². The minimum absolute atomic E-state index is 2.22.